The fraction of sp³-hybridized carbons (Fsp3) is 0.533. The Bertz CT molecular complexity index is 372. The van der Waals surface area contributed by atoms with Crippen molar-refractivity contribution in [1.82, 2.24) is 0 Å². The highest BCUT2D eigenvalue weighted by Crippen LogP contribution is 2.20. The molecule has 0 radical (unpaired) electrons. The lowest BCUT2D eigenvalue weighted by atomic mass is 10.2. The Labute approximate surface area is 114 Å². The van der Waals surface area contributed by atoms with E-state index in [-0.39, 0.29) is 5.97 Å². The van der Waals surface area contributed by atoms with Crippen molar-refractivity contribution in [3.05, 3.63) is 24.3 Å². The summed E-state index contributed by atoms with van der Waals surface area (Å²) in [4.78, 5) is 11.7. The second kappa shape index (κ2) is 8.40. The van der Waals surface area contributed by atoms with Crippen LogP contribution in [-0.4, -0.2) is 25.3 Å². The molecule has 0 saturated carbocycles. The molecule has 4 heteroatoms. The Hall–Kier alpha value is -1.71. The Balaban J connectivity index is 2.64. The number of carbonyl (C=O) groups excluding carboxylic acids is 1. The molecule has 0 N–H and O–H groups in total. The van der Waals surface area contributed by atoms with E-state index in [1.165, 1.54) is 0 Å². The molecule has 0 amide bonds. The molecule has 106 valence electrons. The highest BCUT2D eigenvalue weighted by molar-refractivity contribution is 5.75. The van der Waals surface area contributed by atoms with Crippen LogP contribution >= 0.6 is 0 Å². The zero-order chi connectivity index (χ0) is 14.1. The van der Waals surface area contributed by atoms with Gasteiger partial charge >= 0.3 is 5.97 Å². The first-order chi connectivity index (χ1) is 9.21. The molecule has 19 heavy (non-hydrogen) atoms. The number of benzene rings is 1. The fourth-order valence-corrected chi connectivity index (χ4v) is 1.67. The van der Waals surface area contributed by atoms with Crippen LogP contribution in [0.25, 0.3) is 0 Å². The van der Waals surface area contributed by atoms with Crippen LogP contribution in [0.1, 0.15) is 33.6 Å². The minimum absolute atomic E-state index is 0.307. The van der Waals surface area contributed by atoms with E-state index >= 15 is 0 Å². The van der Waals surface area contributed by atoms with Crippen LogP contribution in [0.15, 0.2) is 24.3 Å². The molecule has 0 spiro atoms. The van der Waals surface area contributed by atoms with E-state index in [1.54, 1.807) is 19.1 Å². The van der Waals surface area contributed by atoms with Crippen LogP contribution in [0, 0.1) is 0 Å². The van der Waals surface area contributed by atoms with Gasteiger partial charge in [-0.15, -0.1) is 0 Å². The van der Waals surface area contributed by atoms with E-state index < -0.39 is 6.10 Å². The summed E-state index contributed by atoms with van der Waals surface area (Å²) in [6, 6.07) is 7.25. The lowest BCUT2D eigenvalue weighted by Gasteiger charge is -2.17. The van der Waals surface area contributed by atoms with E-state index in [0.29, 0.717) is 25.4 Å². The predicted octanol–water partition coefficient (Wildman–Crippen LogP) is 3.20. The third-order valence-electron chi connectivity index (χ3n) is 2.51. The Morgan fingerprint density at radius 1 is 1.05 bits per heavy atom. The SMILES string of the molecule is CCCC(Oc1ccc(OCC)cc1)C(=O)OCC. The molecule has 0 bridgehead atoms. The fourth-order valence-electron chi connectivity index (χ4n) is 1.67. The number of ether oxygens (including phenoxy) is 3. The summed E-state index contributed by atoms with van der Waals surface area (Å²) >= 11 is 0. The molecule has 1 unspecified atom stereocenters. The summed E-state index contributed by atoms with van der Waals surface area (Å²) in [6.45, 7) is 6.72. The van der Waals surface area contributed by atoms with Crippen molar-refractivity contribution < 1.29 is 19.0 Å². The van der Waals surface area contributed by atoms with Gasteiger partial charge in [0.25, 0.3) is 0 Å². The summed E-state index contributed by atoms with van der Waals surface area (Å²) in [5.41, 5.74) is 0. The predicted molar refractivity (Wildman–Crippen MR) is 73.6 cm³/mol. The molecule has 0 aliphatic carbocycles. The van der Waals surface area contributed by atoms with Crippen LogP contribution in [0.5, 0.6) is 11.5 Å². The van der Waals surface area contributed by atoms with Crippen LogP contribution in [0.3, 0.4) is 0 Å². The molecule has 0 aliphatic heterocycles. The molecule has 1 rings (SSSR count). The normalized spacial score (nSPS) is 11.7. The highest BCUT2D eigenvalue weighted by atomic mass is 16.6. The second-order valence-corrected chi connectivity index (χ2v) is 4.05. The van der Waals surface area contributed by atoms with Crippen molar-refractivity contribution in [3.63, 3.8) is 0 Å². The molecular weight excluding hydrogens is 244 g/mol. The topological polar surface area (TPSA) is 44.8 Å². The number of hydrogen-bond acceptors (Lipinski definition) is 4. The summed E-state index contributed by atoms with van der Waals surface area (Å²) in [5, 5.41) is 0. The van der Waals surface area contributed by atoms with E-state index in [9.17, 15) is 4.79 Å². The summed E-state index contributed by atoms with van der Waals surface area (Å²) < 4.78 is 16.0. The third-order valence-corrected chi connectivity index (χ3v) is 2.51. The van der Waals surface area contributed by atoms with Gasteiger partial charge in [-0.2, -0.15) is 0 Å². The molecule has 0 saturated heterocycles. The van der Waals surface area contributed by atoms with Crippen LogP contribution < -0.4 is 9.47 Å². The first-order valence-corrected chi connectivity index (χ1v) is 6.77. The summed E-state index contributed by atoms with van der Waals surface area (Å²) in [7, 11) is 0. The second-order valence-electron chi connectivity index (χ2n) is 4.05. The number of rotatable bonds is 8. The van der Waals surface area contributed by atoms with Crippen molar-refractivity contribution in [2.24, 2.45) is 0 Å². The van der Waals surface area contributed by atoms with Crippen molar-refractivity contribution >= 4 is 5.97 Å². The standard InChI is InChI=1S/C15H22O4/c1-4-7-14(15(16)18-6-3)19-13-10-8-12(9-11-13)17-5-2/h8-11,14H,4-7H2,1-3H3. The maximum absolute atomic E-state index is 11.7. The quantitative estimate of drug-likeness (QED) is 0.678. The van der Waals surface area contributed by atoms with Gasteiger partial charge < -0.3 is 14.2 Å². The first kappa shape index (κ1) is 15.3. The average Bonchev–Trinajstić information content (AvgIpc) is 2.41. The van der Waals surface area contributed by atoms with E-state index in [0.717, 1.165) is 12.2 Å². The average molecular weight is 266 g/mol. The molecule has 0 aromatic heterocycles. The number of esters is 1. The third kappa shape index (κ3) is 5.20. The smallest absolute Gasteiger partial charge is 0.347 e. The first-order valence-electron chi connectivity index (χ1n) is 6.77. The van der Waals surface area contributed by atoms with Crippen LogP contribution in [-0.2, 0) is 9.53 Å². The van der Waals surface area contributed by atoms with Crippen molar-refractivity contribution in [2.45, 2.75) is 39.7 Å². The zero-order valence-corrected chi connectivity index (χ0v) is 11.8. The van der Waals surface area contributed by atoms with Gasteiger partial charge in [0, 0.05) is 0 Å². The molecule has 0 heterocycles. The maximum atomic E-state index is 11.7. The van der Waals surface area contributed by atoms with Gasteiger partial charge in [0.2, 0.25) is 0 Å². The molecule has 0 aliphatic rings. The number of hydrogen-bond donors (Lipinski definition) is 0. The van der Waals surface area contributed by atoms with Crippen molar-refractivity contribution in [1.29, 1.82) is 0 Å². The minimum Gasteiger partial charge on any atom is -0.494 e. The van der Waals surface area contributed by atoms with Gasteiger partial charge in [-0.1, -0.05) is 13.3 Å². The Morgan fingerprint density at radius 3 is 2.21 bits per heavy atom. The lowest BCUT2D eigenvalue weighted by Crippen LogP contribution is -2.29. The lowest BCUT2D eigenvalue weighted by molar-refractivity contribution is -0.151. The van der Waals surface area contributed by atoms with Gasteiger partial charge in [-0.25, -0.2) is 4.79 Å². The Kier molecular flexibility index (Phi) is 6.79. The van der Waals surface area contributed by atoms with Crippen molar-refractivity contribution in [3.8, 4) is 11.5 Å². The molecule has 0 fully saturated rings. The zero-order valence-electron chi connectivity index (χ0n) is 11.8. The molecular formula is C15H22O4. The summed E-state index contributed by atoms with van der Waals surface area (Å²) in [6.07, 6.45) is 0.968. The van der Waals surface area contributed by atoms with E-state index in [1.807, 2.05) is 26.0 Å². The molecule has 1 atom stereocenters. The molecule has 4 nitrogen and oxygen atoms in total. The van der Waals surface area contributed by atoms with Gasteiger partial charge in [0.1, 0.15) is 11.5 Å². The number of carbonyl (C=O) groups is 1. The molecule has 1 aromatic rings. The largest absolute Gasteiger partial charge is 0.494 e. The minimum atomic E-state index is -0.539. The summed E-state index contributed by atoms with van der Waals surface area (Å²) in [5.74, 6) is 1.13. The van der Waals surface area contributed by atoms with E-state index in [4.69, 9.17) is 14.2 Å². The van der Waals surface area contributed by atoms with Crippen LogP contribution in [0.2, 0.25) is 0 Å². The van der Waals surface area contributed by atoms with Gasteiger partial charge in [0.15, 0.2) is 6.10 Å². The van der Waals surface area contributed by atoms with Gasteiger partial charge in [-0.3, -0.25) is 0 Å². The maximum Gasteiger partial charge on any atom is 0.347 e. The van der Waals surface area contributed by atoms with Gasteiger partial charge in [0.05, 0.1) is 13.2 Å². The van der Waals surface area contributed by atoms with Crippen molar-refractivity contribution in [2.75, 3.05) is 13.2 Å². The van der Waals surface area contributed by atoms with E-state index in [2.05, 4.69) is 0 Å². The molecule has 1 aromatic carbocycles. The van der Waals surface area contributed by atoms with Crippen LogP contribution in [0.4, 0.5) is 0 Å². The highest BCUT2D eigenvalue weighted by Gasteiger charge is 2.20. The van der Waals surface area contributed by atoms with Gasteiger partial charge in [-0.05, 0) is 44.5 Å². The monoisotopic (exact) mass is 266 g/mol. The Morgan fingerprint density at radius 2 is 1.68 bits per heavy atom.